The molecular weight excluding hydrogens is 198 g/mol. The first-order valence-electron chi connectivity index (χ1n) is 5.82. The van der Waals surface area contributed by atoms with Gasteiger partial charge in [-0.25, -0.2) is 0 Å². The maximum absolute atomic E-state index is 8.90. The van der Waals surface area contributed by atoms with Gasteiger partial charge in [-0.1, -0.05) is 6.07 Å². The molecule has 1 aliphatic heterocycles. The Hall–Kier alpha value is -1.53. The normalized spacial score (nSPS) is 19.4. The second-order valence-electron chi connectivity index (χ2n) is 4.09. The van der Waals surface area contributed by atoms with Gasteiger partial charge in [-0.3, -0.25) is 0 Å². The van der Waals surface area contributed by atoms with Crippen LogP contribution in [0.3, 0.4) is 0 Å². The first-order valence-corrected chi connectivity index (χ1v) is 5.82. The Kier molecular flexibility index (Phi) is 3.43. The lowest BCUT2D eigenvalue weighted by atomic mass is 10.1. The van der Waals surface area contributed by atoms with Gasteiger partial charge in [0.15, 0.2) is 0 Å². The SMILES string of the molecule is CCN(c1cccc(C#N)c1)C1CCNC1. The lowest BCUT2D eigenvalue weighted by Crippen LogP contribution is -2.36. The summed E-state index contributed by atoms with van der Waals surface area (Å²) in [5.74, 6) is 0. The number of nitrogens with zero attached hydrogens (tertiary/aromatic N) is 2. The largest absolute Gasteiger partial charge is 0.367 e. The molecule has 16 heavy (non-hydrogen) atoms. The average molecular weight is 215 g/mol. The summed E-state index contributed by atoms with van der Waals surface area (Å²) in [5.41, 5.74) is 1.90. The Balaban J connectivity index is 2.22. The van der Waals surface area contributed by atoms with E-state index in [0.29, 0.717) is 6.04 Å². The van der Waals surface area contributed by atoms with Gasteiger partial charge < -0.3 is 10.2 Å². The number of hydrogen-bond acceptors (Lipinski definition) is 3. The van der Waals surface area contributed by atoms with Crippen molar-refractivity contribution in [3.05, 3.63) is 29.8 Å². The monoisotopic (exact) mass is 215 g/mol. The molecule has 0 saturated carbocycles. The van der Waals surface area contributed by atoms with E-state index in [1.807, 2.05) is 18.2 Å². The van der Waals surface area contributed by atoms with E-state index in [-0.39, 0.29) is 0 Å². The summed E-state index contributed by atoms with van der Waals surface area (Å²) in [6.07, 6.45) is 1.19. The van der Waals surface area contributed by atoms with Crippen LogP contribution in [0.15, 0.2) is 24.3 Å². The van der Waals surface area contributed by atoms with Gasteiger partial charge in [0.2, 0.25) is 0 Å². The molecule has 84 valence electrons. The van der Waals surface area contributed by atoms with E-state index in [2.05, 4.69) is 29.3 Å². The molecule has 0 spiro atoms. The third-order valence-electron chi connectivity index (χ3n) is 3.12. The molecule has 0 aliphatic carbocycles. The molecule has 1 unspecified atom stereocenters. The van der Waals surface area contributed by atoms with Crippen molar-refractivity contribution in [3.8, 4) is 6.07 Å². The zero-order valence-corrected chi connectivity index (χ0v) is 9.61. The molecule has 2 rings (SSSR count). The minimum Gasteiger partial charge on any atom is -0.367 e. The Morgan fingerprint density at radius 3 is 3.06 bits per heavy atom. The molecule has 1 aromatic carbocycles. The zero-order chi connectivity index (χ0) is 11.4. The summed E-state index contributed by atoms with van der Waals surface area (Å²) in [7, 11) is 0. The van der Waals surface area contributed by atoms with Crippen LogP contribution in [-0.4, -0.2) is 25.7 Å². The summed E-state index contributed by atoms with van der Waals surface area (Å²) in [5, 5.41) is 12.3. The maximum atomic E-state index is 8.90. The predicted molar refractivity (Wildman–Crippen MR) is 65.5 cm³/mol. The van der Waals surface area contributed by atoms with Crippen molar-refractivity contribution in [1.29, 1.82) is 5.26 Å². The number of nitriles is 1. The molecule has 3 nitrogen and oxygen atoms in total. The molecule has 1 fully saturated rings. The molecule has 1 atom stereocenters. The second-order valence-corrected chi connectivity index (χ2v) is 4.09. The van der Waals surface area contributed by atoms with Gasteiger partial charge in [0.1, 0.15) is 0 Å². The highest BCUT2D eigenvalue weighted by Crippen LogP contribution is 2.20. The van der Waals surface area contributed by atoms with Gasteiger partial charge in [-0.15, -0.1) is 0 Å². The predicted octanol–water partition coefficient (Wildman–Crippen LogP) is 1.75. The maximum Gasteiger partial charge on any atom is 0.0992 e. The van der Waals surface area contributed by atoms with E-state index >= 15 is 0 Å². The molecule has 1 aliphatic rings. The van der Waals surface area contributed by atoms with Crippen molar-refractivity contribution in [2.45, 2.75) is 19.4 Å². The van der Waals surface area contributed by atoms with Crippen LogP contribution in [0.25, 0.3) is 0 Å². The molecule has 1 aromatic rings. The Labute approximate surface area is 96.7 Å². The van der Waals surface area contributed by atoms with Crippen molar-refractivity contribution < 1.29 is 0 Å². The number of nitrogens with one attached hydrogen (secondary N) is 1. The molecule has 0 aromatic heterocycles. The van der Waals surface area contributed by atoms with Crippen LogP contribution in [0.4, 0.5) is 5.69 Å². The molecule has 1 saturated heterocycles. The number of benzene rings is 1. The first-order chi connectivity index (χ1) is 7.85. The lowest BCUT2D eigenvalue weighted by Gasteiger charge is -2.29. The molecule has 0 radical (unpaired) electrons. The van der Waals surface area contributed by atoms with E-state index < -0.39 is 0 Å². The summed E-state index contributed by atoms with van der Waals surface area (Å²) in [6.45, 7) is 5.29. The van der Waals surface area contributed by atoms with E-state index in [4.69, 9.17) is 5.26 Å². The summed E-state index contributed by atoms with van der Waals surface area (Å²) in [4.78, 5) is 2.38. The Morgan fingerprint density at radius 2 is 2.44 bits per heavy atom. The number of hydrogen-bond donors (Lipinski definition) is 1. The fourth-order valence-corrected chi connectivity index (χ4v) is 2.31. The molecular formula is C13H17N3. The van der Waals surface area contributed by atoms with Gasteiger partial charge in [0.05, 0.1) is 11.6 Å². The van der Waals surface area contributed by atoms with E-state index in [1.165, 1.54) is 6.42 Å². The van der Waals surface area contributed by atoms with Crippen molar-refractivity contribution in [1.82, 2.24) is 5.32 Å². The standard InChI is InChI=1S/C13H17N3/c1-2-16(13-6-7-15-10-13)12-5-3-4-11(8-12)9-14/h3-5,8,13,15H,2,6-7,10H2,1H3. The Morgan fingerprint density at radius 1 is 1.56 bits per heavy atom. The number of rotatable bonds is 3. The summed E-state index contributed by atoms with van der Waals surface area (Å²) in [6, 6.07) is 10.6. The van der Waals surface area contributed by atoms with Crippen LogP contribution in [-0.2, 0) is 0 Å². The van der Waals surface area contributed by atoms with Crippen LogP contribution in [0.1, 0.15) is 18.9 Å². The topological polar surface area (TPSA) is 39.1 Å². The third kappa shape index (κ3) is 2.17. The quantitative estimate of drug-likeness (QED) is 0.835. The third-order valence-corrected chi connectivity index (χ3v) is 3.12. The van der Waals surface area contributed by atoms with E-state index in [9.17, 15) is 0 Å². The van der Waals surface area contributed by atoms with Crippen LogP contribution in [0, 0.1) is 11.3 Å². The van der Waals surface area contributed by atoms with Crippen LogP contribution >= 0.6 is 0 Å². The van der Waals surface area contributed by atoms with E-state index in [0.717, 1.165) is 30.9 Å². The summed E-state index contributed by atoms with van der Waals surface area (Å²) >= 11 is 0. The minimum absolute atomic E-state index is 0.568. The molecule has 1 N–H and O–H groups in total. The fourth-order valence-electron chi connectivity index (χ4n) is 2.31. The number of likely N-dealkylation sites (N-methyl/N-ethyl adjacent to an activating group) is 1. The second kappa shape index (κ2) is 5.00. The molecule has 1 heterocycles. The highest BCUT2D eigenvalue weighted by molar-refractivity contribution is 5.52. The lowest BCUT2D eigenvalue weighted by molar-refractivity contribution is 0.648. The zero-order valence-electron chi connectivity index (χ0n) is 9.61. The van der Waals surface area contributed by atoms with Crippen molar-refractivity contribution >= 4 is 5.69 Å². The van der Waals surface area contributed by atoms with Crippen molar-refractivity contribution in [2.24, 2.45) is 0 Å². The highest BCUT2D eigenvalue weighted by atomic mass is 15.2. The fraction of sp³-hybridized carbons (Fsp3) is 0.462. The first kappa shape index (κ1) is 11.0. The van der Waals surface area contributed by atoms with Crippen molar-refractivity contribution in [3.63, 3.8) is 0 Å². The van der Waals surface area contributed by atoms with Gasteiger partial charge in [0.25, 0.3) is 0 Å². The minimum atomic E-state index is 0.568. The van der Waals surface area contributed by atoms with Gasteiger partial charge in [-0.2, -0.15) is 5.26 Å². The van der Waals surface area contributed by atoms with Gasteiger partial charge in [0, 0.05) is 24.8 Å². The highest BCUT2D eigenvalue weighted by Gasteiger charge is 2.21. The smallest absolute Gasteiger partial charge is 0.0992 e. The van der Waals surface area contributed by atoms with Crippen LogP contribution in [0.5, 0.6) is 0 Å². The Bertz CT molecular complexity index is 388. The van der Waals surface area contributed by atoms with Crippen LogP contribution in [0.2, 0.25) is 0 Å². The molecule has 0 bridgehead atoms. The van der Waals surface area contributed by atoms with Crippen molar-refractivity contribution in [2.75, 3.05) is 24.5 Å². The van der Waals surface area contributed by atoms with Crippen LogP contribution < -0.4 is 10.2 Å². The summed E-state index contributed by atoms with van der Waals surface area (Å²) < 4.78 is 0. The molecule has 3 heteroatoms. The van der Waals surface area contributed by atoms with E-state index in [1.54, 1.807) is 0 Å². The van der Waals surface area contributed by atoms with Gasteiger partial charge >= 0.3 is 0 Å². The number of anilines is 1. The average Bonchev–Trinajstić information content (AvgIpc) is 2.84. The van der Waals surface area contributed by atoms with Gasteiger partial charge in [-0.05, 0) is 38.1 Å². The molecule has 0 amide bonds.